The maximum Gasteiger partial charge on any atom is 0.305 e. The van der Waals surface area contributed by atoms with Gasteiger partial charge in [0.15, 0.2) is 15.6 Å². The summed E-state index contributed by atoms with van der Waals surface area (Å²) in [6.07, 6.45) is 1.65. The van der Waals surface area contributed by atoms with Crippen molar-refractivity contribution in [3.05, 3.63) is 54.0 Å². The molecule has 1 saturated carbocycles. The van der Waals surface area contributed by atoms with E-state index in [1.165, 1.54) is 24.3 Å². The smallest absolute Gasteiger partial charge is 0.305 e. The van der Waals surface area contributed by atoms with E-state index in [0.29, 0.717) is 0 Å². The van der Waals surface area contributed by atoms with Crippen LogP contribution in [-0.4, -0.2) is 20.2 Å². The molecule has 7 nitrogen and oxygen atoms in total. The minimum Gasteiger partial charge on any atom is -0.455 e. The van der Waals surface area contributed by atoms with E-state index in [1.807, 2.05) is 0 Å². The number of hydrogen-bond donors (Lipinski definition) is 2. The van der Waals surface area contributed by atoms with Crippen molar-refractivity contribution >= 4 is 21.7 Å². The van der Waals surface area contributed by atoms with Gasteiger partial charge in [-0.05, 0) is 37.1 Å². The first kappa shape index (κ1) is 16.3. The molecule has 2 aromatic rings. The van der Waals surface area contributed by atoms with Crippen LogP contribution in [-0.2, 0) is 20.4 Å². The SMILES string of the molecule is O=C(NNC(=O)C1CC1)c1ccc(CS(=O)(=O)c2ccccc2)o1. The lowest BCUT2D eigenvalue weighted by Gasteiger charge is -2.04. The van der Waals surface area contributed by atoms with Crippen LogP contribution in [0.25, 0.3) is 0 Å². The molecule has 1 fully saturated rings. The molecule has 2 N–H and O–H groups in total. The van der Waals surface area contributed by atoms with E-state index in [2.05, 4.69) is 10.9 Å². The summed E-state index contributed by atoms with van der Waals surface area (Å²) in [5.41, 5.74) is 4.56. The summed E-state index contributed by atoms with van der Waals surface area (Å²) < 4.78 is 29.8. The first-order valence-corrected chi connectivity index (χ1v) is 9.07. The van der Waals surface area contributed by atoms with Crippen LogP contribution in [0.3, 0.4) is 0 Å². The Morgan fingerprint density at radius 1 is 1.04 bits per heavy atom. The molecular weight excluding hydrogens is 332 g/mol. The van der Waals surface area contributed by atoms with Gasteiger partial charge in [0.25, 0.3) is 0 Å². The zero-order valence-corrected chi connectivity index (χ0v) is 13.5. The Morgan fingerprint density at radius 3 is 2.42 bits per heavy atom. The van der Waals surface area contributed by atoms with Crippen molar-refractivity contribution in [3.8, 4) is 0 Å². The Hall–Kier alpha value is -2.61. The zero-order chi connectivity index (χ0) is 17.2. The highest BCUT2D eigenvalue weighted by molar-refractivity contribution is 7.90. The molecule has 0 bridgehead atoms. The van der Waals surface area contributed by atoms with Gasteiger partial charge in [-0.25, -0.2) is 8.42 Å². The van der Waals surface area contributed by atoms with Gasteiger partial charge in [-0.15, -0.1) is 0 Å². The number of rotatable bonds is 5. The fourth-order valence-corrected chi connectivity index (χ4v) is 3.37. The molecule has 1 aliphatic carbocycles. The van der Waals surface area contributed by atoms with Crippen molar-refractivity contribution in [2.45, 2.75) is 23.5 Å². The topological polar surface area (TPSA) is 105 Å². The van der Waals surface area contributed by atoms with Crippen LogP contribution in [0.1, 0.15) is 29.2 Å². The molecule has 0 spiro atoms. The molecule has 1 aliphatic rings. The van der Waals surface area contributed by atoms with E-state index in [1.54, 1.807) is 18.2 Å². The quantitative estimate of drug-likeness (QED) is 0.795. The second-order valence-electron chi connectivity index (χ2n) is 5.56. The summed E-state index contributed by atoms with van der Waals surface area (Å²) >= 11 is 0. The van der Waals surface area contributed by atoms with E-state index < -0.39 is 15.7 Å². The number of hydrazine groups is 1. The van der Waals surface area contributed by atoms with E-state index in [-0.39, 0.29) is 34.0 Å². The third-order valence-corrected chi connectivity index (χ3v) is 5.22. The first-order chi connectivity index (χ1) is 11.5. The highest BCUT2D eigenvalue weighted by Crippen LogP contribution is 2.28. The molecule has 0 radical (unpaired) electrons. The minimum absolute atomic E-state index is 0.0338. The average molecular weight is 348 g/mol. The monoisotopic (exact) mass is 348 g/mol. The lowest BCUT2D eigenvalue weighted by molar-refractivity contribution is -0.123. The van der Waals surface area contributed by atoms with Crippen molar-refractivity contribution in [2.24, 2.45) is 5.92 Å². The Morgan fingerprint density at radius 2 is 1.75 bits per heavy atom. The van der Waals surface area contributed by atoms with Crippen molar-refractivity contribution in [3.63, 3.8) is 0 Å². The van der Waals surface area contributed by atoms with Crippen LogP contribution in [0.2, 0.25) is 0 Å². The van der Waals surface area contributed by atoms with Crippen LogP contribution in [0.15, 0.2) is 51.8 Å². The molecular formula is C16H16N2O5S. The maximum atomic E-state index is 12.3. The predicted molar refractivity (Wildman–Crippen MR) is 84.4 cm³/mol. The zero-order valence-electron chi connectivity index (χ0n) is 12.7. The number of sulfone groups is 1. The van der Waals surface area contributed by atoms with Crippen molar-refractivity contribution in [1.29, 1.82) is 0 Å². The summed E-state index contributed by atoms with van der Waals surface area (Å²) in [6, 6.07) is 10.8. The summed E-state index contributed by atoms with van der Waals surface area (Å²) in [5, 5.41) is 0. The van der Waals surface area contributed by atoms with Gasteiger partial charge in [-0.3, -0.25) is 20.4 Å². The Labute approximate surface area is 138 Å². The Bertz CT molecular complexity index is 854. The fourth-order valence-electron chi connectivity index (χ4n) is 2.10. The van der Waals surface area contributed by atoms with Gasteiger partial charge < -0.3 is 4.42 Å². The summed E-state index contributed by atoms with van der Waals surface area (Å²) in [4.78, 5) is 23.5. The Kier molecular flexibility index (Phi) is 4.39. The second kappa shape index (κ2) is 6.48. The van der Waals surface area contributed by atoms with E-state index >= 15 is 0 Å². The molecule has 8 heteroatoms. The molecule has 0 unspecified atom stereocenters. The van der Waals surface area contributed by atoms with Crippen LogP contribution >= 0.6 is 0 Å². The first-order valence-electron chi connectivity index (χ1n) is 7.42. The Balaban J connectivity index is 1.62. The molecule has 0 saturated heterocycles. The highest BCUT2D eigenvalue weighted by atomic mass is 32.2. The number of nitrogens with one attached hydrogen (secondary N) is 2. The molecule has 1 heterocycles. The summed E-state index contributed by atoms with van der Waals surface area (Å²) in [7, 11) is -3.55. The number of carbonyl (C=O) groups excluding carboxylic acids is 2. The van der Waals surface area contributed by atoms with Gasteiger partial charge >= 0.3 is 5.91 Å². The lowest BCUT2D eigenvalue weighted by Crippen LogP contribution is -2.42. The van der Waals surface area contributed by atoms with Gasteiger partial charge in [0, 0.05) is 5.92 Å². The molecule has 2 amide bonds. The highest BCUT2D eigenvalue weighted by Gasteiger charge is 2.30. The largest absolute Gasteiger partial charge is 0.455 e. The normalized spacial score (nSPS) is 14.2. The molecule has 0 aliphatic heterocycles. The second-order valence-corrected chi connectivity index (χ2v) is 7.55. The number of amides is 2. The molecule has 126 valence electrons. The van der Waals surface area contributed by atoms with Gasteiger partial charge in [0.1, 0.15) is 11.5 Å². The van der Waals surface area contributed by atoms with Crippen molar-refractivity contribution in [2.75, 3.05) is 0 Å². The predicted octanol–water partition coefficient (Wildman–Crippen LogP) is 1.42. The van der Waals surface area contributed by atoms with Crippen molar-refractivity contribution in [1.82, 2.24) is 10.9 Å². The fraction of sp³-hybridized carbons (Fsp3) is 0.250. The number of benzene rings is 1. The molecule has 1 aromatic carbocycles. The van der Waals surface area contributed by atoms with Gasteiger partial charge in [0.2, 0.25) is 5.91 Å². The molecule has 24 heavy (non-hydrogen) atoms. The van der Waals surface area contributed by atoms with Crippen LogP contribution < -0.4 is 10.9 Å². The van der Waals surface area contributed by atoms with Crippen molar-refractivity contribution < 1.29 is 22.4 Å². The standard InChI is InChI=1S/C16H16N2O5S/c19-15(11-6-7-11)17-18-16(20)14-9-8-12(23-14)10-24(21,22)13-4-2-1-3-5-13/h1-5,8-9,11H,6-7,10H2,(H,17,19)(H,18,20). The van der Waals surface area contributed by atoms with E-state index in [9.17, 15) is 18.0 Å². The number of carbonyl (C=O) groups is 2. The van der Waals surface area contributed by atoms with Crippen LogP contribution in [0.5, 0.6) is 0 Å². The lowest BCUT2D eigenvalue weighted by atomic mass is 10.4. The molecule has 1 aromatic heterocycles. The third-order valence-electron chi connectivity index (χ3n) is 3.57. The van der Waals surface area contributed by atoms with Gasteiger partial charge in [0.05, 0.1) is 4.90 Å². The summed E-state index contributed by atoms with van der Waals surface area (Å²) in [5.74, 6) is -1.16. The summed E-state index contributed by atoms with van der Waals surface area (Å²) in [6.45, 7) is 0. The van der Waals surface area contributed by atoms with Crippen LogP contribution in [0.4, 0.5) is 0 Å². The van der Waals surface area contributed by atoms with Gasteiger partial charge in [-0.1, -0.05) is 18.2 Å². The molecule has 3 rings (SSSR count). The molecule has 0 atom stereocenters. The third kappa shape index (κ3) is 3.83. The number of hydrogen-bond acceptors (Lipinski definition) is 5. The maximum absolute atomic E-state index is 12.3. The number of furan rings is 1. The van der Waals surface area contributed by atoms with Crippen LogP contribution in [0, 0.1) is 5.92 Å². The minimum atomic E-state index is -3.55. The average Bonchev–Trinajstić information content (AvgIpc) is 3.33. The van der Waals surface area contributed by atoms with E-state index in [4.69, 9.17) is 4.42 Å². The van der Waals surface area contributed by atoms with Gasteiger partial charge in [-0.2, -0.15) is 0 Å². The van der Waals surface area contributed by atoms with E-state index in [0.717, 1.165) is 12.8 Å².